The summed E-state index contributed by atoms with van der Waals surface area (Å²) < 4.78 is 0. The molecule has 1 aliphatic heterocycles. The van der Waals surface area contributed by atoms with E-state index >= 15 is 0 Å². The monoisotopic (exact) mass is 289 g/mol. The lowest BCUT2D eigenvalue weighted by Crippen LogP contribution is -2.53. The molecular formula is C17H27N3O. The van der Waals surface area contributed by atoms with Gasteiger partial charge in [0.25, 0.3) is 0 Å². The first-order chi connectivity index (χ1) is 9.98. The van der Waals surface area contributed by atoms with Crippen molar-refractivity contribution in [1.29, 1.82) is 0 Å². The van der Waals surface area contributed by atoms with Gasteiger partial charge in [0.15, 0.2) is 0 Å². The molecule has 1 aliphatic rings. The van der Waals surface area contributed by atoms with Crippen LogP contribution in [0.1, 0.15) is 31.7 Å². The van der Waals surface area contributed by atoms with Gasteiger partial charge < -0.3 is 15.1 Å². The van der Waals surface area contributed by atoms with Gasteiger partial charge in [-0.15, -0.1) is 0 Å². The molecule has 2 rings (SSSR count). The molecule has 0 aromatic heterocycles. The van der Waals surface area contributed by atoms with Crippen LogP contribution < -0.4 is 10.2 Å². The molecule has 1 atom stereocenters. The third-order valence-corrected chi connectivity index (χ3v) is 4.48. The predicted molar refractivity (Wildman–Crippen MR) is 87.5 cm³/mol. The molecule has 1 aromatic carbocycles. The highest BCUT2D eigenvalue weighted by atomic mass is 16.2. The van der Waals surface area contributed by atoms with E-state index < -0.39 is 0 Å². The van der Waals surface area contributed by atoms with Crippen LogP contribution in [0.2, 0.25) is 0 Å². The fraction of sp³-hybridized carbons (Fsp3) is 0.588. The van der Waals surface area contributed by atoms with E-state index in [-0.39, 0.29) is 11.4 Å². The molecule has 0 radical (unpaired) electrons. The van der Waals surface area contributed by atoms with E-state index in [9.17, 15) is 4.79 Å². The highest BCUT2D eigenvalue weighted by Crippen LogP contribution is 2.25. The van der Waals surface area contributed by atoms with E-state index in [0.29, 0.717) is 6.54 Å². The maximum atomic E-state index is 12.7. The molecule has 0 spiro atoms. The summed E-state index contributed by atoms with van der Waals surface area (Å²) in [6.45, 7) is 3.71. The van der Waals surface area contributed by atoms with Crippen molar-refractivity contribution in [2.45, 2.75) is 38.3 Å². The highest BCUT2D eigenvalue weighted by Gasteiger charge is 2.40. The summed E-state index contributed by atoms with van der Waals surface area (Å²) in [5.74, 6) is 0.221. The fourth-order valence-electron chi connectivity index (χ4n) is 3.05. The van der Waals surface area contributed by atoms with Crippen molar-refractivity contribution in [3.63, 3.8) is 0 Å². The third kappa shape index (κ3) is 3.38. The largest absolute Gasteiger partial charge is 0.378 e. The summed E-state index contributed by atoms with van der Waals surface area (Å²) in [6.07, 6.45) is 2.90. The third-order valence-electron chi connectivity index (χ3n) is 4.48. The van der Waals surface area contributed by atoms with Crippen LogP contribution in [0.3, 0.4) is 0 Å². The normalized spacial score (nSPS) is 21.3. The van der Waals surface area contributed by atoms with Gasteiger partial charge in [-0.25, -0.2) is 0 Å². The number of anilines is 1. The maximum Gasteiger partial charge on any atom is 0.242 e. The molecule has 4 nitrogen and oxygen atoms in total. The van der Waals surface area contributed by atoms with Crippen LogP contribution >= 0.6 is 0 Å². The van der Waals surface area contributed by atoms with Crippen molar-refractivity contribution in [2.24, 2.45) is 0 Å². The number of nitrogens with zero attached hydrogens (tertiary/aromatic N) is 2. The van der Waals surface area contributed by atoms with Crippen molar-refractivity contribution < 1.29 is 4.79 Å². The number of carbonyl (C=O) groups is 1. The molecule has 1 saturated heterocycles. The smallest absolute Gasteiger partial charge is 0.242 e. The average molecular weight is 289 g/mol. The zero-order chi connectivity index (χ0) is 15.5. The average Bonchev–Trinajstić information content (AvgIpc) is 2.97. The lowest BCUT2D eigenvalue weighted by molar-refractivity contribution is -0.137. The lowest BCUT2D eigenvalue weighted by Gasteiger charge is -2.32. The lowest BCUT2D eigenvalue weighted by atomic mass is 9.92. The Morgan fingerprint density at radius 2 is 1.90 bits per heavy atom. The fourth-order valence-corrected chi connectivity index (χ4v) is 3.05. The van der Waals surface area contributed by atoms with Crippen LogP contribution in [0.4, 0.5) is 5.69 Å². The van der Waals surface area contributed by atoms with Gasteiger partial charge in [0.05, 0.1) is 5.54 Å². The van der Waals surface area contributed by atoms with Crippen LogP contribution in [0.15, 0.2) is 24.3 Å². The topological polar surface area (TPSA) is 35.6 Å². The summed E-state index contributed by atoms with van der Waals surface area (Å²) in [6, 6.07) is 8.38. The van der Waals surface area contributed by atoms with Crippen molar-refractivity contribution in [1.82, 2.24) is 10.2 Å². The summed E-state index contributed by atoms with van der Waals surface area (Å²) in [7, 11) is 5.96. The number of nitrogens with one attached hydrogen (secondary N) is 1. The minimum atomic E-state index is -0.335. The van der Waals surface area contributed by atoms with Crippen molar-refractivity contribution in [3.05, 3.63) is 29.8 Å². The molecular weight excluding hydrogens is 262 g/mol. The molecule has 0 bridgehead atoms. The van der Waals surface area contributed by atoms with Crippen LogP contribution in [-0.4, -0.2) is 44.0 Å². The Bertz CT molecular complexity index is 475. The molecule has 1 unspecified atom stereocenters. The molecule has 1 aromatic rings. The quantitative estimate of drug-likeness (QED) is 0.903. The zero-order valence-electron chi connectivity index (χ0n) is 13.6. The Hall–Kier alpha value is -1.55. The molecule has 21 heavy (non-hydrogen) atoms. The second-order valence-electron chi connectivity index (χ2n) is 6.19. The number of likely N-dealkylation sites (N-methyl/N-ethyl adjacent to an activating group) is 1. The molecule has 4 heteroatoms. The highest BCUT2D eigenvalue weighted by molar-refractivity contribution is 5.86. The van der Waals surface area contributed by atoms with Gasteiger partial charge in [0.1, 0.15) is 0 Å². The van der Waals surface area contributed by atoms with Gasteiger partial charge in [0.2, 0.25) is 5.91 Å². The van der Waals surface area contributed by atoms with E-state index in [1.54, 1.807) is 0 Å². The van der Waals surface area contributed by atoms with Crippen LogP contribution in [0.25, 0.3) is 0 Å². The standard InChI is InChI=1S/C17H27N3O/c1-5-17(11-6-12-18-17)16(21)20(4)13-14-7-9-15(10-8-14)19(2)3/h7-10,18H,5-6,11-13H2,1-4H3. The Balaban J connectivity index is 2.03. The van der Waals surface area contributed by atoms with E-state index in [2.05, 4.69) is 41.4 Å². The first-order valence-corrected chi connectivity index (χ1v) is 7.75. The van der Waals surface area contributed by atoms with Gasteiger partial charge in [-0.05, 0) is 43.5 Å². The Labute approximate surface area is 128 Å². The minimum Gasteiger partial charge on any atom is -0.378 e. The van der Waals surface area contributed by atoms with Gasteiger partial charge in [0, 0.05) is 33.4 Å². The molecule has 1 fully saturated rings. The van der Waals surface area contributed by atoms with E-state index in [1.807, 2.05) is 26.0 Å². The van der Waals surface area contributed by atoms with Gasteiger partial charge >= 0.3 is 0 Å². The van der Waals surface area contributed by atoms with Crippen LogP contribution in [0, 0.1) is 0 Å². The molecule has 1 amide bonds. The molecule has 0 aliphatic carbocycles. The van der Waals surface area contributed by atoms with Gasteiger partial charge in [-0.1, -0.05) is 19.1 Å². The van der Waals surface area contributed by atoms with Crippen molar-refractivity contribution >= 4 is 11.6 Å². The van der Waals surface area contributed by atoms with E-state index in [0.717, 1.165) is 25.8 Å². The van der Waals surface area contributed by atoms with Crippen LogP contribution in [-0.2, 0) is 11.3 Å². The minimum absolute atomic E-state index is 0.221. The Morgan fingerprint density at radius 3 is 2.38 bits per heavy atom. The maximum absolute atomic E-state index is 12.7. The van der Waals surface area contributed by atoms with Crippen molar-refractivity contribution in [3.8, 4) is 0 Å². The zero-order valence-corrected chi connectivity index (χ0v) is 13.6. The van der Waals surface area contributed by atoms with Gasteiger partial charge in [-0.3, -0.25) is 4.79 Å². The first kappa shape index (κ1) is 15.8. The number of carbonyl (C=O) groups excluding carboxylic acids is 1. The molecule has 116 valence electrons. The SMILES string of the molecule is CCC1(C(=O)N(C)Cc2ccc(N(C)C)cc2)CCCN1. The van der Waals surface area contributed by atoms with Gasteiger partial charge in [-0.2, -0.15) is 0 Å². The molecule has 1 N–H and O–H groups in total. The second kappa shape index (κ2) is 6.48. The number of hydrogen-bond donors (Lipinski definition) is 1. The summed E-state index contributed by atoms with van der Waals surface area (Å²) in [4.78, 5) is 16.7. The number of benzene rings is 1. The van der Waals surface area contributed by atoms with E-state index in [4.69, 9.17) is 0 Å². The number of rotatable bonds is 5. The molecule has 1 heterocycles. The summed E-state index contributed by atoms with van der Waals surface area (Å²) in [5, 5.41) is 3.41. The first-order valence-electron chi connectivity index (χ1n) is 7.75. The Kier molecular flexibility index (Phi) is 4.88. The second-order valence-corrected chi connectivity index (χ2v) is 6.19. The van der Waals surface area contributed by atoms with E-state index in [1.165, 1.54) is 11.3 Å². The van der Waals surface area contributed by atoms with Crippen molar-refractivity contribution in [2.75, 3.05) is 32.6 Å². The number of amides is 1. The summed E-state index contributed by atoms with van der Waals surface area (Å²) in [5.41, 5.74) is 2.01. The Morgan fingerprint density at radius 1 is 1.24 bits per heavy atom. The predicted octanol–water partition coefficient (Wildman–Crippen LogP) is 2.24. The molecule has 0 saturated carbocycles. The summed E-state index contributed by atoms with van der Waals surface area (Å²) >= 11 is 0. The van der Waals surface area contributed by atoms with Crippen LogP contribution in [0.5, 0.6) is 0 Å². The number of hydrogen-bond acceptors (Lipinski definition) is 3.